The molecule has 0 aliphatic heterocycles. The van der Waals surface area contributed by atoms with Crippen LogP contribution >= 0.6 is 0 Å². The van der Waals surface area contributed by atoms with Crippen LogP contribution in [0.15, 0.2) is 22.8 Å². The largest absolute Gasteiger partial charge is 0.464 e. The summed E-state index contributed by atoms with van der Waals surface area (Å²) in [5.41, 5.74) is 5.03. The van der Waals surface area contributed by atoms with E-state index in [1.54, 1.807) is 0 Å². The molecule has 2 rings (SSSR count). The second-order valence-corrected chi connectivity index (χ2v) is 6.44. The minimum absolute atomic E-state index is 0.526. The summed E-state index contributed by atoms with van der Waals surface area (Å²) in [5.74, 6) is 1.22. The lowest BCUT2D eigenvalue weighted by molar-refractivity contribution is 0.552. The van der Waals surface area contributed by atoms with Gasteiger partial charge in [0.05, 0.1) is 6.26 Å². The van der Waals surface area contributed by atoms with Crippen LogP contribution in [0.4, 0.5) is 0 Å². The fraction of sp³-hybridized carbons (Fsp3) is 0.556. The normalized spacial score (nSPS) is 11.9. The Balaban J connectivity index is 2.23. The summed E-state index contributed by atoms with van der Waals surface area (Å²) >= 11 is 0. The molecule has 0 saturated carbocycles. The van der Waals surface area contributed by atoms with Gasteiger partial charge in [-0.25, -0.2) is 0 Å². The predicted molar refractivity (Wildman–Crippen MR) is 86.5 cm³/mol. The van der Waals surface area contributed by atoms with E-state index in [-0.39, 0.29) is 0 Å². The molecule has 0 fully saturated rings. The smallest absolute Gasteiger partial charge is 0.137 e. The van der Waals surface area contributed by atoms with E-state index < -0.39 is 0 Å². The van der Waals surface area contributed by atoms with E-state index in [0.717, 1.165) is 25.1 Å². The van der Waals surface area contributed by atoms with Crippen LogP contribution in [0.5, 0.6) is 0 Å². The molecule has 0 aliphatic carbocycles. The highest BCUT2D eigenvalue weighted by Crippen LogP contribution is 2.32. The first kappa shape index (κ1) is 15.1. The molecule has 2 heteroatoms. The number of benzene rings is 1. The van der Waals surface area contributed by atoms with Crippen molar-refractivity contribution in [1.29, 1.82) is 0 Å². The summed E-state index contributed by atoms with van der Waals surface area (Å²) in [5, 5.41) is 4.85. The third-order valence-electron chi connectivity index (χ3n) is 3.77. The second-order valence-electron chi connectivity index (χ2n) is 6.44. The van der Waals surface area contributed by atoms with E-state index in [1.165, 1.54) is 22.1 Å². The molecular weight excluding hydrogens is 246 g/mol. The number of aryl methyl sites for hydroxylation is 1. The van der Waals surface area contributed by atoms with E-state index in [2.05, 4.69) is 52.1 Å². The summed E-state index contributed by atoms with van der Waals surface area (Å²) in [6.45, 7) is 13.2. The third-order valence-corrected chi connectivity index (χ3v) is 3.77. The summed E-state index contributed by atoms with van der Waals surface area (Å²) in [4.78, 5) is 0. The van der Waals surface area contributed by atoms with Crippen molar-refractivity contribution in [2.45, 2.75) is 47.0 Å². The predicted octanol–water partition coefficient (Wildman–Crippen LogP) is 4.65. The molecule has 1 aromatic carbocycles. The van der Waals surface area contributed by atoms with Crippen LogP contribution in [0.25, 0.3) is 11.0 Å². The Morgan fingerprint density at radius 1 is 1.15 bits per heavy atom. The Kier molecular flexibility index (Phi) is 4.87. The maximum atomic E-state index is 5.82. The molecule has 0 radical (unpaired) electrons. The molecule has 1 aromatic heterocycles. The van der Waals surface area contributed by atoms with Gasteiger partial charge in [-0.1, -0.05) is 39.8 Å². The number of hydrogen-bond donors (Lipinski definition) is 1. The summed E-state index contributed by atoms with van der Waals surface area (Å²) in [7, 11) is 0. The van der Waals surface area contributed by atoms with Crippen molar-refractivity contribution in [1.82, 2.24) is 5.32 Å². The van der Waals surface area contributed by atoms with Crippen LogP contribution in [-0.2, 0) is 6.42 Å². The molecule has 1 N–H and O–H groups in total. The zero-order valence-electron chi connectivity index (χ0n) is 13.4. The Morgan fingerprint density at radius 3 is 2.55 bits per heavy atom. The lowest BCUT2D eigenvalue weighted by Gasteiger charge is -2.11. The molecule has 20 heavy (non-hydrogen) atoms. The van der Waals surface area contributed by atoms with Gasteiger partial charge in [-0.05, 0) is 55.0 Å². The molecule has 0 atom stereocenters. The van der Waals surface area contributed by atoms with E-state index >= 15 is 0 Å². The summed E-state index contributed by atoms with van der Waals surface area (Å²) in [6.07, 6.45) is 2.98. The van der Waals surface area contributed by atoms with Crippen molar-refractivity contribution in [3.05, 3.63) is 35.1 Å². The van der Waals surface area contributed by atoms with Crippen molar-refractivity contribution < 1.29 is 4.42 Å². The monoisotopic (exact) mass is 273 g/mol. The van der Waals surface area contributed by atoms with Crippen molar-refractivity contribution in [2.75, 3.05) is 13.1 Å². The van der Waals surface area contributed by atoms with Crippen LogP contribution < -0.4 is 5.32 Å². The van der Waals surface area contributed by atoms with E-state index in [4.69, 9.17) is 4.42 Å². The molecule has 110 valence electrons. The van der Waals surface area contributed by atoms with Gasteiger partial charge in [0, 0.05) is 5.39 Å². The number of fused-ring (bicyclic) bond motifs is 1. The van der Waals surface area contributed by atoms with Crippen molar-refractivity contribution in [3.63, 3.8) is 0 Å². The number of nitrogens with one attached hydrogen (secondary N) is 1. The molecular formula is C18H27NO. The average Bonchev–Trinajstić information content (AvgIpc) is 2.79. The fourth-order valence-electron chi connectivity index (χ4n) is 2.65. The minimum atomic E-state index is 0.526. The molecule has 0 aliphatic rings. The summed E-state index contributed by atoms with van der Waals surface area (Å²) < 4.78 is 5.82. The van der Waals surface area contributed by atoms with Gasteiger partial charge >= 0.3 is 0 Å². The first-order chi connectivity index (χ1) is 9.50. The topological polar surface area (TPSA) is 25.2 Å². The lowest BCUT2D eigenvalue weighted by atomic mass is 9.94. The first-order valence-electron chi connectivity index (χ1n) is 7.71. The lowest BCUT2D eigenvalue weighted by Crippen LogP contribution is -2.22. The minimum Gasteiger partial charge on any atom is -0.464 e. The SMILES string of the molecule is Cc1ccc(C(C)C)c2c(CCNCC(C)C)coc12. The Morgan fingerprint density at radius 2 is 1.90 bits per heavy atom. The van der Waals surface area contributed by atoms with Crippen molar-refractivity contribution >= 4 is 11.0 Å². The highest BCUT2D eigenvalue weighted by Gasteiger charge is 2.14. The van der Waals surface area contributed by atoms with Crippen LogP contribution in [0.3, 0.4) is 0 Å². The molecule has 1 heterocycles. The zero-order chi connectivity index (χ0) is 14.7. The van der Waals surface area contributed by atoms with Crippen LogP contribution in [0, 0.1) is 12.8 Å². The Labute approximate surface area is 122 Å². The van der Waals surface area contributed by atoms with Gasteiger partial charge in [0.2, 0.25) is 0 Å². The van der Waals surface area contributed by atoms with E-state index in [0.29, 0.717) is 11.8 Å². The van der Waals surface area contributed by atoms with Gasteiger partial charge in [0.1, 0.15) is 5.58 Å². The van der Waals surface area contributed by atoms with Gasteiger partial charge in [-0.2, -0.15) is 0 Å². The van der Waals surface area contributed by atoms with Gasteiger partial charge in [0.25, 0.3) is 0 Å². The molecule has 2 aromatic rings. The molecule has 2 nitrogen and oxygen atoms in total. The second kappa shape index (κ2) is 6.45. The maximum Gasteiger partial charge on any atom is 0.137 e. The molecule has 0 unspecified atom stereocenters. The van der Waals surface area contributed by atoms with Gasteiger partial charge < -0.3 is 9.73 Å². The zero-order valence-corrected chi connectivity index (χ0v) is 13.4. The van der Waals surface area contributed by atoms with E-state index in [9.17, 15) is 0 Å². The van der Waals surface area contributed by atoms with Crippen molar-refractivity contribution in [2.24, 2.45) is 5.92 Å². The number of furan rings is 1. The van der Waals surface area contributed by atoms with Gasteiger partial charge in [0.15, 0.2) is 0 Å². The molecule has 0 spiro atoms. The molecule has 0 amide bonds. The van der Waals surface area contributed by atoms with Gasteiger partial charge in [-0.3, -0.25) is 0 Å². The highest BCUT2D eigenvalue weighted by atomic mass is 16.3. The quantitative estimate of drug-likeness (QED) is 0.775. The highest BCUT2D eigenvalue weighted by molar-refractivity contribution is 5.87. The van der Waals surface area contributed by atoms with Crippen LogP contribution in [0.2, 0.25) is 0 Å². The standard InChI is InChI=1S/C18H27NO/c1-12(2)10-19-9-8-15-11-20-18-14(5)6-7-16(13(3)4)17(15)18/h6-7,11-13,19H,8-10H2,1-5H3. The fourth-order valence-corrected chi connectivity index (χ4v) is 2.65. The first-order valence-corrected chi connectivity index (χ1v) is 7.71. The molecule has 0 saturated heterocycles. The van der Waals surface area contributed by atoms with Crippen LogP contribution in [0.1, 0.15) is 50.3 Å². The van der Waals surface area contributed by atoms with Crippen molar-refractivity contribution in [3.8, 4) is 0 Å². The van der Waals surface area contributed by atoms with Crippen LogP contribution in [-0.4, -0.2) is 13.1 Å². The van der Waals surface area contributed by atoms with Gasteiger partial charge in [-0.15, -0.1) is 0 Å². The summed E-state index contributed by atoms with van der Waals surface area (Å²) in [6, 6.07) is 4.42. The third kappa shape index (κ3) is 3.24. The Bertz CT molecular complexity index is 566. The number of hydrogen-bond acceptors (Lipinski definition) is 2. The number of rotatable bonds is 6. The van der Waals surface area contributed by atoms with E-state index in [1.807, 2.05) is 6.26 Å². The maximum absolute atomic E-state index is 5.82. The Hall–Kier alpha value is -1.28. The molecule has 0 bridgehead atoms. The average molecular weight is 273 g/mol.